The monoisotopic (exact) mass is 360 g/mol. The van der Waals surface area contributed by atoms with E-state index in [9.17, 15) is 9.59 Å². The molecule has 0 spiro atoms. The molecule has 7 heteroatoms. The highest BCUT2D eigenvalue weighted by Crippen LogP contribution is 2.60. The van der Waals surface area contributed by atoms with E-state index in [2.05, 4.69) is 21.3 Å². The second-order valence-corrected chi connectivity index (χ2v) is 8.57. The maximum absolute atomic E-state index is 13.0. The Morgan fingerprint density at radius 1 is 1.23 bits per heavy atom. The van der Waals surface area contributed by atoms with Crippen molar-refractivity contribution in [2.75, 3.05) is 5.32 Å². The van der Waals surface area contributed by atoms with E-state index in [-0.39, 0.29) is 17.2 Å². The first-order valence-corrected chi connectivity index (χ1v) is 9.77. The SMILES string of the molecule is CC[C@@H](NNC(=O)C12CC3CC(CC(C3)C1)C2)C(=O)Nc1cc(C)on1. The fraction of sp³-hybridized carbons (Fsp3) is 0.737. The van der Waals surface area contributed by atoms with Crippen LogP contribution in [0.3, 0.4) is 0 Å². The number of rotatable bonds is 6. The Hall–Kier alpha value is -1.89. The summed E-state index contributed by atoms with van der Waals surface area (Å²) in [7, 11) is 0. The molecule has 4 saturated carbocycles. The third-order valence-corrected chi connectivity index (χ3v) is 6.48. The summed E-state index contributed by atoms with van der Waals surface area (Å²) >= 11 is 0. The minimum atomic E-state index is -0.509. The summed E-state index contributed by atoms with van der Waals surface area (Å²) in [6, 6.07) is 1.16. The van der Waals surface area contributed by atoms with E-state index in [4.69, 9.17) is 4.52 Å². The van der Waals surface area contributed by atoms with Crippen molar-refractivity contribution in [3.05, 3.63) is 11.8 Å². The molecule has 1 aromatic rings. The zero-order valence-electron chi connectivity index (χ0n) is 15.5. The Balaban J connectivity index is 1.34. The summed E-state index contributed by atoms with van der Waals surface area (Å²) in [5, 5.41) is 6.49. The Morgan fingerprint density at radius 2 is 1.85 bits per heavy atom. The van der Waals surface area contributed by atoms with Gasteiger partial charge >= 0.3 is 0 Å². The molecule has 1 heterocycles. The van der Waals surface area contributed by atoms with E-state index in [0.717, 1.165) is 19.3 Å². The molecule has 2 amide bonds. The average molecular weight is 360 g/mol. The van der Waals surface area contributed by atoms with Crippen LogP contribution in [0.1, 0.15) is 57.6 Å². The molecular formula is C19H28N4O3. The van der Waals surface area contributed by atoms with E-state index in [0.29, 0.717) is 35.8 Å². The lowest BCUT2D eigenvalue weighted by Crippen LogP contribution is -2.58. The number of carbonyl (C=O) groups is 2. The molecule has 26 heavy (non-hydrogen) atoms. The highest BCUT2D eigenvalue weighted by molar-refractivity contribution is 5.94. The number of carbonyl (C=O) groups excluding carboxylic acids is 2. The lowest BCUT2D eigenvalue weighted by atomic mass is 9.49. The van der Waals surface area contributed by atoms with Crippen LogP contribution >= 0.6 is 0 Å². The third kappa shape index (κ3) is 3.24. The van der Waals surface area contributed by atoms with Gasteiger partial charge in [0.15, 0.2) is 5.82 Å². The van der Waals surface area contributed by atoms with Crippen LogP contribution in [0, 0.1) is 30.1 Å². The molecule has 0 aromatic carbocycles. The van der Waals surface area contributed by atoms with Crippen molar-refractivity contribution in [2.45, 2.75) is 64.8 Å². The fourth-order valence-electron chi connectivity index (χ4n) is 5.67. The van der Waals surface area contributed by atoms with Crippen LogP contribution in [0.25, 0.3) is 0 Å². The maximum Gasteiger partial charge on any atom is 0.244 e. The van der Waals surface area contributed by atoms with Crippen LogP contribution in [0.15, 0.2) is 10.6 Å². The van der Waals surface area contributed by atoms with Crippen LogP contribution in [-0.2, 0) is 9.59 Å². The first-order chi connectivity index (χ1) is 12.5. The minimum absolute atomic E-state index is 0.0696. The summed E-state index contributed by atoms with van der Waals surface area (Å²) in [6.45, 7) is 3.67. The molecular weight excluding hydrogens is 332 g/mol. The van der Waals surface area contributed by atoms with E-state index in [1.807, 2.05) is 6.92 Å². The largest absolute Gasteiger partial charge is 0.360 e. The molecule has 1 atom stereocenters. The number of hydrogen-bond donors (Lipinski definition) is 3. The van der Waals surface area contributed by atoms with Crippen molar-refractivity contribution in [3.8, 4) is 0 Å². The molecule has 5 rings (SSSR count). The number of aromatic nitrogens is 1. The van der Waals surface area contributed by atoms with E-state index in [1.165, 1.54) is 19.3 Å². The van der Waals surface area contributed by atoms with Gasteiger partial charge in [-0.05, 0) is 69.6 Å². The molecule has 0 saturated heterocycles. The number of nitrogens with zero attached hydrogens (tertiary/aromatic N) is 1. The summed E-state index contributed by atoms with van der Waals surface area (Å²) in [5.74, 6) is 3.01. The van der Waals surface area contributed by atoms with Crippen molar-refractivity contribution in [1.82, 2.24) is 16.0 Å². The van der Waals surface area contributed by atoms with Gasteiger partial charge in [0, 0.05) is 6.07 Å². The van der Waals surface area contributed by atoms with Crippen LogP contribution in [0.5, 0.6) is 0 Å². The number of hydrogen-bond acceptors (Lipinski definition) is 5. The molecule has 4 bridgehead atoms. The standard InChI is InChI=1S/C19H28N4O3/c1-3-15(17(24)20-16-4-11(2)26-23-16)21-22-18(25)19-8-12-5-13(9-19)7-14(6-12)10-19/h4,12-15,21H,3,5-10H2,1-2H3,(H,22,25)(H,20,23,24)/t12?,13?,14?,15-,19?/m1/s1. The second kappa shape index (κ2) is 6.68. The lowest BCUT2D eigenvalue weighted by molar-refractivity contribution is -0.147. The Kier molecular flexibility index (Phi) is 4.50. The second-order valence-electron chi connectivity index (χ2n) is 8.57. The third-order valence-electron chi connectivity index (χ3n) is 6.48. The number of amides is 2. The number of aryl methyl sites for hydroxylation is 1. The van der Waals surface area contributed by atoms with Gasteiger partial charge in [0.1, 0.15) is 11.8 Å². The lowest BCUT2D eigenvalue weighted by Gasteiger charge is -2.55. The van der Waals surface area contributed by atoms with Gasteiger partial charge in [-0.2, -0.15) is 0 Å². The van der Waals surface area contributed by atoms with E-state index in [1.54, 1.807) is 13.0 Å². The van der Waals surface area contributed by atoms with Gasteiger partial charge in [0.05, 0.1) is 5.41 Å². The Labute approximate surface area is 153 Å². The normalized spacial score (nSPS) is 33.1. The maximum atomic E-state index is 13.0. The van der Waals surface area contributed by atoms with Crippen molar-refractivity contribution in [1.29, 1.82) is 0 Å². The molecule has 4 aliphatic carbocycles. The van der Waals surface area contributed by atoms with Crippen LogP contribution in [-0.4, -0.2) is 23.0 Å². The highest BCUT2D eigenvalue weighted by Gasteiger charge is 2.54. The summed E-state index contributed by atoms with van der Waals surface area (Å²) in [4.78, 5) is 25.4. The molecule has 142 valence electrons. The zero-order chi connectivity index (χ0) is 18.3. The minimum Gasteiger partial charge on any atom is -0.360 e. The fourth-order valence-corrected chi connectivity index (χ4v) is 5.67. The molecule has 0 radical (unpaired) electrons. The predicted octanol–water partition coefficient (Wildman–Crippen LogP) is 2.54. The molecule has 0 unspecified atom stereocenters. The van der Waals surface area contributed by atoms with Crippen molar-refractivity contribution >= 4 is 17.6 Å². The quantitative estimate of drug-likeness (QED) is 0.678. The van der Waals surface area contributed by atoms with Crippen molar-refractivity contribution < 1.29 is 14.1 Å². The van der Waals surface area contributed by atoms with Gasteiger partial charge < -0.3 is 9.84 Å². The van der Waals surface area contributed by atoms with E-state index < -0.39 is 6.04 Å². The zero-order valence-corrected chi connectivity index (χ0v) is 15.5. The van der Waals surface area contributed by atoms with Gasteiger partial charge in [-0.3, -0.25) is 15.0 Å². The number of hydrazine groups is 1. The van der Waals surface area contributed by atoms with Crippen LogP contribution in [0.4, 0.5) is 5.82 Å². The van der Waals surface area contributed by atoms with Gasteiger partial charge in [-0.15, -0.1) is 0 Å². The molecule has 1 aromatic heterocycles. The number of anilines is 1. The Morgan fingerprint density at radius 3 is 2.35 bits per heavy atom. The summed E-state index contributed by atoms with van der Waals surface area (Å²) < 4.78 is 4.96. The first-order valence-electron chi connectivity index (χ1n) is 9.77. The first kappa shape index (κ1) is 17.5. The highest BCUT2D eigenvalue weighted by atomic mass is 16.5. The van der Waals surface area contributed by atoms with Crippen molar-refractivity contribution in [3.63, 3.8) is 0 Å². The topological polar surface area (TPSA) is 96.3 Å². The molecule has 4 aliphatic rings. The molecule has 7 nitrogen and oxygen atoms in total. The summed E-state index contributed by atoms with van der Waals surface area (Å²) in [5.41, 5.74) is 5.60. The Bertz CT molecular complexity index is 663. The van der Waals surface area contributed by atoms with Crippen LogP contribution in [0.2, 0.25) is 0 Å². The van der Waals surface area contributed by atoms with Gasteiger partial charge in [-0.25, -0.2) is 5.43 Å². The van der Waals surface area contributed by atoms with Gasteiger partial charge in [0.25, 0.3) is 0 Å². The van der Waals surface area contributed by atoms with Gasteiger partial charge in [-0.1, -0.05) is 12.1 Å². The number of nitrogens with one attached hydrogen (secondary N) is 3. The molecule has 3 N–H and O–H groups in total. The summed E-state index contributed by atoms with van der Waals surface area (Å²) in [6.07, 6.45) is 7.49. The molecule has 4 fully saturated rings. The van der Waals surface area contributed by atoms with Crippen LogP contribution < -0.4 is 16.2 Å². The van der Waals surface area contributed by atoms with E-state index >= 15 is 0 Å². The van der Waals surface area contributed by atoms with Crippen molar-refractivity contribution in [2.24, 2.45) is 23.2 Å². The smallest absolute Gasteiger partial charge is 0.244 e. The van der Waals surface area contributed by atoms with Gasteiger partial charge in [0.2, 0.25) is 11.8 Å². The predicted molar refractivity (Wildman–Crippen MR) is 95.8 cm³/mol. The average Bonchev–Trinajstić information content (AvgIpc) is 2.98. The molecule has 0 aliphatic heterocycles.